The van der Waals surface area contributed by atoms with Gasteiger partial charge in [0.15, 0.2) is 5.78 Å². The van der Waals surface area contributed by atoms with Gasteiger partial charge in [0.1, 0.15) is 0 Å². The van der Waals surface area contributed by atoms with Crippen LogP contribution in [0.2, 0.25) is 0 Å². The van der Waals surface area contributed by atoms with Gasteiger partial charge >= 0.3 is 0 Å². The fraction of sp³-hybridized carbons (Fsp3) is 0.842. The Morgan fingerprint density at radius 2 is 2.00 bits per heavy atom. The fourth-order valence-electron chi connectivity index (χ4n) is 5.94. The molecule has 7 unspecified atom stereocenters. The molecule has 0 amide bonds. The van der Waals surface area contributed by atoms with Gasteiger partial charge in [-0.05, 0) is 67.8 Å². The van der Waals surface area contributed by atoms with Crippen molar-refractivity contribution >= 4 is 5.78 Å². The molecule has 21 heavy (non-hydrogen) atoms. The fourth-order valence-corrected chi connectivity index (χ4v) is 5.94. The van der Waals surface area contributed by atoms with Crippen LogP contribution in [0.25, 0.3) is 0 Å². The maximum Gasteiger partial charge on any atom is 0.162 e. The first-order valence-electron chi connectivity index (χ1n) is 8.65. The largest absolute Gasteiger partial charge is 0.366 e. The topological polar surface area (TPSA) is 29.6 Å². The second-order valence-corrected chi connectivity index (χ2v) is 9.06. The zero-order valence-electron chi connectivity index (χ0n) is 14.0. The van der Waals surface area contributed by atoms with Gasteiger partial charge in [0.25, 0.3) is 0 Å². The van der Waals surface area contributed by atoms with Crippen molar-refractivity contribution in [1.82, 2.24) is 0 Å². The standard InChI is InChI=1S/C19H28O2/c1-10-6-7-18(3,4)15-14(10)12-8-11(2)16(20)13(12)9-19(5)17(15)21-19/h8,10,12-15,17H,6-7,9H2,1-5H3. The first-order valence-corrected chi connectivity index (χ1v) is 8.65. The minimum Gasteiger partial charge on any atom is -0.366 e. The zero-order valence-corrected chi connectivity index (χ0v) is 14.0. The van der Waals surface area contributed by atoms with E-state index in [1.165, 1.54) is 12.8 Å². The number of allylic oxidation sites excluding steroid dienone is 2. The number of Topliss-reactive ketones (excluding diaryl/α,β-unsaturated/α-hetero) is 1. The molecule has 0 aromatic rings. The van der Waals surface area contributed by atoms with E-state index in [-0.39, 0.29) is 11.5 Å². The summed E-state index contributed by atoms with van der Waals surface area (Å²) in [6.07, 6.45) is 6.22. The van der Waals surface area contributed by atoms with Crippen molar-refractivity contribution in [2.45, 2.75) is 65.6 Å². The number of ether oxygens (including phenoxy) is 1. The Labute approximate surface area is 128 Å². The third-order valence-electron chi connectivity index (χ3n) is 7.19. The van der Waals surface area contributed by atoms with Gasteiger partial charge in [0.2, 0.25) is 0 Å². The minimum absolute atomic E-state index is 0.0369. The van der Waals surface area contributed by atoms with E-state index in [4.69, 9.17) is 4.74 Å². The van der Waals surface area contributed by atoms with E-state index >= 15 is 0 Å². The van der Waals surface area contributed by atoms with Crippen LogP contribution in [0.15, 0.2) is 11.6 Å². The van der Waals surface area contributed by atoms with Crippen LogP contribution < -0.4 is 0 Å². The van der Waals surface area contributed by atoms with Crippen molar-refractivity contribution in [2.24, 2.45) is 35.0 Å². The van der Waals surface area contributed by atoms with Gasteiger partial charge < -0.3 is 4.74 Å². The number of epoxide rings is 1. The summed E-state index contributed by atoms with van der Waals surface area (Å²) in [6, 6.07) is 0. The summed E-state index contributed by atoms with van der Waals surface area (Å²) in [4.78, 5) is 12.6. The molecule has 1 aliphatic heterocycles. The van der Waals surface area contributed by atoms with Crippen LogP contribution in [-0.4, -0.2) is 17.5 Å². The number of ketones is 1. The third kappa shape index (κ3) is 1.78. The van der Waals surface area contributed by atoms with E-state index in [0.29, 0.717) is 41.0 Å². The number of hydrogen-bond acceptors (Lipinski definition) is 2. The van der Waals surface area contributed by atoms with Crippen molar-refractivity contribution in [3.8, 4) is 0 Å². The molecule has 7 atom stereocenters. The molecule has 0 spiro atoms. The molecule has 0 bridgehead atoms. The first-order chi connectivity index (χ1) is 9.74. The number of carbonyl (C=O) groups excluding carboxylic acids is 1. The zero-order chi connectivity index (χ0) is 15.2. The molecule has 0 aromatic carbocycles. The number of fused-ring (bicyclic) bond motifs is 5. The molecular formula is C19H28O2. The van der Waals surface area contributed by atoms with Crippen molar-refractivity contribution < 1.29 is 9.53 Å². The normalized spacial score (nSPS) is 54.1. The van der Waals surface area contributed by atoms with E-state index in [0.717, 1.165) is 12.0 Å². The van der Waals surface area contributed by atoms with Crippen LogP contribution in [0.4, 0.5) is 0 Å². The summed E-state index contributed by atoms with van der Waals surface area (Å²) >= 11 is 0. The second kappa shape index (κ2) is 4.01. The molecule has 116 valence electrons. The van der Waals surface area contributed by atoms with Gasteiger partial charge in [0, 0.05) is 5.92 Å². The monoisotopic (exact) mass is 288 g/mol. The highest BCUT2D eigenvalue weighted by Crippen LogP contribution is 2.64. The molecule has 2 heteroatoms. The highest BCUT2D eigenvalue weighted by atomic mass is 16.6. The molecule has 4 rings (SSSR count). The van der Waals surface area contributed by atoms with E-state index in [1.54, 1.807) is 0 Å². The van der Waals surface area contributed by atoms with Crippen molar-refractivity contribution in [3.63, 3.8) is 0 Å². The summed E-state index contributed by atoms with van der Waals surface area (Å²) in [7, 11) is 0. The number of rotatable bonds is 0. The predicted octanol–water partition coefficient (Wildman–Crippen LogP) is 4.00. The maximum absolute atomic E-state index is 12.6. The highest BCUT2D eigenvalue weighted by molar-refractivity contribution is 5.99. The summed E-state index contributed by atoms with van der Waals surface area (Å²) in [5.41, 5.74) is 1.30. The smallest absolute Gasteiger partial charge is 0.162 e. The molecule has 3 fully saturated rings. The lowest BCUT2D eigenvalue weighted by molar-refractivity contribution is -0.121. The lowest BCUT2D eigenvalue weighted by atomic mass is 9.55. The van der Waals surface area contributed by atoms with Gasteiger partial charge in [-0.3, -0.25) is 4.79 Å². The average molecular weight is 288 g/mol. The van der Waals surface area contributed by atoms with E-state index in [2.05, 4.69) is 33.8 Å². The Morgan fingerprint density at radius 1 is 1.29 bits per heavy atom. The van der Waals surface area contributed by atoms with Crippen LogP contribution in [0.3, 0.4) is 0 Å². The highest BCUT2D eigenvalue weighted by Gasteiger charge is 2.67. The second-order valence-electron chi connectivity index (χ2n) is 9.06. The lowest BCUT2D eigenvalue weighted by Crippen LogP contribution is -2.45. The molecule has 1 heterocycles. The van der Waals surface area contributed by atoms with Gasteiger partial charge in [0.05, 0.1) is 11.7 Å². The molecule has 2 saturated carbocycles. The third-order valence-corrected chi connectivity index (χ3v) is 7.19. The van der Waals surface area contributed by atoms with Crippen molar-refractivity contribution in [2.75, 3.05) is 0 Å². The molecule has 4 aliphatic rings. The van der Waals surface area contributed by atoms with Gasteiger partial charge in [-0.2, -0.15) is 0 Å². The predicted molar refractivity (Wildman–Crippen MR) is 82.8 cm³/mol. The number of carbonyl (C=O) groups is 1. The molecule has 0 N–H and O–H groups in total. The first kappa shape index (κ1) is 14.0. The van der Waals surface area contributed by atoms with Crippen LogP contribution in [0.5, 0.6) is 0 Å². The summed E-state index contributed by atoms with van der Waals surface area (Å²) in [5, 5.41) is 0. The van der Waals surface area contributed by atoms with Gasteiger partial charge in [-0.1, -0.05) is 26.8 Å². The van der Waals surface area contributed by atoms with Crippen LogP contribution in [-0.2, 0) is 9.53 Å². The Kier molecular flexibility index (Phi) is 2.67. The summed E-state index contributed by atoms with van der Waals surface area (Å²) in [5.74, 6) is 2.98. The van der Waals surface area contributed by atoms with E-state index in [1.807, 2.05) is 6.92 Å². The van der Waals surface area contributed by atoms with E-state index < -0.39 is 0 Å². The average Bonchev–Trinajstić information content (AvgIpc) is 2.99. The van der Waals surface area contributed by atoms with Gasteiger partial charge in [-0.25, -0.2) is 0 Å². The summed E-state index contributed by atoms with van der Waals surface area (Å²) in [6.45, 7) is 11.5. The number of hydrogen-bond donors (Lipinski definition) is 0. The Bertz CT molecular complexity index is 532. The summed E-state index contributed by atoms with van der Waals surface area (Å²) < 4.78 is 6.22. The quantitative estimate of drug-likeness (QED) is 0.631. The SMILES string of the molecule is CC1=CC2C(CC3(C)OC3C3C2C(C)CCC3(C)C)C1=O. The lowest BCUT2D eigenvalue weighted by Gasteiger charge is -2.49. The van der Waals surface area contributed by atoms with Crippen molar-refractivity contribution in [1.29, 1.82) is 0 Å². The molecular weight excluding hydrogens is 260 g/mol. The molecule has 3 aliphatic carbocycles. The maximum atomic E-state index is 12.6. The Balaban J connectivity index is 1.82. The minimum atomic E-state index is -0.0369. The molecule has 2 nitrogen and oxygen atoms in total. The molecule has 0 radical (unpaired) electrons. The molecule has 0 aromatic heterocycles. The van der Waals surface area contributed by atoms with Crippen LogP contribution in [0, 0.1) is 35.0 Å². The van der Waals surface area contributed by atoms with E-state index in [9.17, 15) is 4.79 Å². The van der Waals surface area contributed by atoms with Crippen LogP contribution >= 0.6 is 0 Å². The Hall–Kier alpha value is -0.630. The van der Waals surface area contributed by atoms with Crippen LogP contribution in [0.1, 0.15) is 53.9 Å². The molecule has 1 saturated heterocycles. The van der Waals surface area contributed by atoms with Gasteiger partial charge in [-0.15, -0.1) is 0 Å². The van der Waals surface area contributed by atoms with Crippen molar-refractivity contribution in [3.05, 3.63) is 11.6 Å². The Morgan fingerprint density at radius 3 is 2.71 bits per heavy atom.